The standard InChI is InChI=1S/C17H25N3O2/c1-13-5-8-20(9-6-13)10-7-17-18-15(12-21-17)3-4-16-11-14(2)19-22-16/h11-13H,3-10H2,1-2H3. The molecule has 3 heterocycles. The number of rotatable bonds is 6. The third kappa shape index (κ3) is 4.19. The van der Waals surface area contributed by atoms with Crippen LogP contribution in [0.15, 0.2) is 21.3 Å². The molecule has 0 radical (unpaired) electrons. The Morgan fingerprint density at radius 3 is 2.77 bits per heavy atom. The zero-order valence-corrected chi connectivity index (χ0v) is 13.5. The Morgan fingerprint density at radius 2 is 2.05 bits per heavy atom. The summed E-state index contributed by atoms with van der Waals surface area (Å²) in [6, 6.07) is 1.97. The molecule has 5 heteroatoms. The van der Waals surface area contributed by atoms with Crippen molar-refractivity contribution in [1.82, 2.24) is 15.0 Å². The van der Waals surface area contributed by atoms with Crippen LogP contribution >= 0.6 is 0 Å². The molecule has 2 aromatic rings. The topological polar surface area (TPSA) is 55.3 Å². The van der Waals surface area contributed by atoms with Gasteiger partial charge in [-0.15, -0.1) is 0 Å². The smallest absolute Gasteiger partial charge is 0.195 e. The Kier molecular flexibility index (Phi) is 4.93. The molecule has 0 unspecified atom stereocenters. The van der Waals surface area contributed by atoms with E-state index in [9.17, 15) is 0 Å². The molecule has 22 heavy (non-hydrogen) atoms. The Balaban J connectivity index is 1.43. The van der Waals surface area contributed by atoms with E-state index in [4.69, 9.17) is 8.94 Å². The second kappa shape index (κ2) is 7.09. The third-order valence-corrected chi connectivity index (χ3v) is 4.42. The minimum Gasteiger partial charge on any atom is -0.449 e. The van der Waals surface area contributed by atoms with Gasteiger partial charge in [-0.2, -0.15) is 0 Å². The fraction of sp³-hybridized carbons (Fsp3) is 0.647. The number of likely N-dealkylation sites (tertiary alicyclic amines) is 1. The predicted molar refractivity (Wildman–Crippen MR) is 83.7 cm³/mol. The lowest BCUT2D eigenvalue weighted by Gasteiger charge is -2.29. The van der Waals surface area contributed by atoms with Crippen LogP contribution in [0, 0.1) is 12.8 Å². The molecule has 1 aliphatic heterocycles. The molecule has 3 rings (SSSR count). The first-order chi connectivity index (χ1) is 10.7. The van der Waals surface area contributed by atoms with Crippen molar-refractivity contribution in [2.45, 2.75) is 46.0 Å². The van der Waals surface area contributed by atoms with Gasteiger partial charge in [-0.05, 0) is 38.8 Å². The van der Waals surface area contributed by atoms with Gasteiger partial charge in [0.25, 0.3) is 0 Å². The number of hydrogen-bond acceptors (Lipinski definition) is 5. The first-order valence-electron chi connectivity index (χ1n) is 8.27. The summed E-state index contributed by atoms with van der Waals surface area (Å²) in [5, 5.41) is 3.90. The quantitative estimate of drug-likeness (QED) is 0.821. The summed E-state index contributed by atoms with van der Waals surface area (Å²) in [4.78, 5) is 7.09. The molecule has 0 amide bonds. The summed E-state index contributed by atoms with van der Waals surface area (Å²) in [5.41, 5.74) is 1.92. The third-order valence-electron chi connectivity index (χ3n) is 4.42. The molecule has 120 valence electrons. The van der Waals surface area contributed by atoms with Gasteiger partial charge in [0.15, 0.2) is 5.89 Å². The Bertz CT molecular complexity index is 582. The molecule has 1 aliphatic rings. The van der Waals surface area contributed by atoms with Gasteiger partial charge in [0, 0.05) is 31.9 Å². The molecule has 0 aromatic carbocycles. The van der Waals surface area contributed by atoms with Gasteiger partial charge in [-0.25, -0.2) is 4.98 Å². The summed E-state index contributed by atoms with van der Waals surface area (Å²) in [6.07, 6.45) is 6.95. The Labute approximate surface area is 131 Å². The van der Waals surface area contributed by atoms with E-state index in [0.717, 1.165) is 54.8 Å². The van der Waals surface area contributed by atoms with Crippen LogP contribution in [0.4, 0.5) is 0 Å². The number of piperidine rings is 1. The highest BCUT2D eigenvalue weighted by Crippen LogP contribution is 2.16. The summed E-state index contributed by atoms with van der Waals surface area (Å²) < 4.78 is 10.8. The molecule has 0 aliphatic carbocycles. The van der Waals surface area contributed by atoms with Gasteiger partial charge in [-0.1, -0.05) is 12.1 Å². The predicted octanol–water partition coefficient (Wildman–Crippen LogP) is 3.03. The average Bonchev–Trinajstić information content (AvgIpc) is 3.13. The van der Waals surface area contributed by atoms with Crippen LogP contribution in [0.5, 0.6) is 0 Å². The number of oxazole rings is 1. The van der Waals surface area contributed by atoms with E-state index in [-0.39, 0.29) is 0 Å². The number of hydrogen-bond donors (Lipinski definition) is 0. The Morgan fingerprint density at radius 1 is 1.23 bits per heavy atom. The molecule has 0 atom stereocenters. The molecule has 0 N–H and O–H groups in total. The largest absolute Gasteiger partial charge is 0.449 e. The SMILES string of the molecule is Cc1cc(CCc2coc(CCN3CCC(C)CC3)n2)on1. The van der Waals surface area contributed by atoms with Gasteiger partial charge in [0.2, 0.25) is 0 Å². The van der Waals surface area contributed by atoms with Crippen molar-refractivity contribution in [3.63, 3.8) is 0 Å². The van der Waals surface area contributed by atoms with Crippen LogP contribution in [0.25, 0.3) is 0 Å². The highest BCUT2D eigenvalue weighted by molar-refractivity contribution is 5.06. The van der Waals surface area contributed by atoms with Crippen molar-refractivity contribution in [3.8, 4) is 0 Å². The van der Waals surface area contributed by atoms with Gasteiger partial charge >= 0.3 is 0 Å². The summed E-state index contributed by atoms with van der Waals surface area (Å²) in [7, 11) is 0. The van der Waals surface area contributed by atoms with Crippen LogP contribution in [-0.2, 0) is 19.3 Å². The first-order valence-corrected chi connectivity index (χ1v) is 8.27. The second-order valence-electron chi connectivity index (χ2n) is 6.44. The normalized spacial score (nSPS) is 17.2. The van der Waals surface area contributed by atoms with Crippen molar-refractivity contribution in [2.75, 3.05) is 19.6 Å². The minimum atomic E-state index is 0.816. The zero-order chi connectivity index (χ0) is 15.4. The minimum absolute atomic E-state index is 0.816. The molecule has 2 aromatic heterocycles. The second-order valence-corrected chi connectivity index (χ2v) is 6.44. The fourth-order valence-corrected chi connectivity index (χ4v) is 2.90. The molecule has 0 saturated carbocycles. The van der Waals surface area contributed by atoms with Crippen LogP contribution in [0.3, 0.4) is 0 Å². The van der Waals surface area contributed by atoms with E-state index < -0.39 is 0 Å². The monoisotopic (exact) mass is 303 g/mol. The van der Waals surface area contributed by atoms with Crippen LogP contribution in [0.2, 0.25) is 0 Å². The lowest BCUT2D eigenvalue weighted by Crippen LogP contribution is -2.34. The lowest BCUT2D eigenvalue weighted by molar-refractivity contribution is 0.191. The molecular weight excluding hydrogens is 278 g/mol. The van der Waals surface area contributed by atoms with E-state index in [0.29, 0.717) is 0 Å². The maximum Gasteiger partial charge on any atom is 0.195 e. The van der Waals surface area contributed by atoms with E-state index >= 15 is 0 Å². The fourth-order valence-electron chi connectivity index (χ4n) is 2.90. The van der Waals surface area contributed by atoms with Crippen molar-refractivity contribution in [2.24, 2.45) is 5.92 Å². The Hall–Kier alpha value is -1.62. The molecule has 0 spiro atoms. The maximum absolute atomic E-state index is 5.59. The highest BCUT2D eigenvalue weighted by Gasteiger charge is 2.16. The van der Waals surface area contributed by atoms with Gasteiger partial charge in [0.1, 0.15) is 12.0 Å². The van der Waals surface area contributed by atoms with Gasteiger partial charge < -0.3 is 13.8 Å². The van der Waals surface area contributed by atoms with Gasteiger partial charge in [0.05, 0.1) is 11.4 Å². The highest BCUT2D eigenvalue weighted by atomic mass is 16.5. The maximum atomic E-state index is 5.59. The summed E-state index contributed by atoms with van der Waals surface area (Å²) in [6.45, 7) is 7.74. The van der Waals surface area contributed by atoms with E-state index in [1.165, 1.54) is 25.9 Å². The van der Waals surface area contributed by atoms with Crippen molar-refractivity contribution in [3.05, 3.63) is 35.4 Å². The van der Waals surface area contributed by atoms with E-state index in [1.54, 1.807) is 6.26 Å². The number of aryl methyl sites for hydroxylation is 3. The molecule has 5 nitrogen and oxygen atoms in total. The van der Waals surface area contributed by atoms with Crippen molar-refractivity contribution in [1.29, 1.82) is 0 Å². The van der Waals surface area contributed by atoms with Crippen molar-refractivity contribution >= 4 is 0 Å². The van der Waals surface area contributed by atoms with Crippen molar-refractivity contribution < 1.29 is 8.94 Å². The number of aromatic nitrogens is 2. The van der Waals surface area contributed by atoms with Gasteiger partial charge in [-0.3, -0.25) is 0 Å². The molecular formula is C17H25N3O2. The summed E-state index contributed by atoms with van der Waals surface area (Å²) >= 11 is 0. The molecule has 1 fully saturated rings. The van der Waals surface area contributed by atoms with Crippen LogP contribution in [-0.4, -0.2) is 34.7 Å². The first kappa shape index (κ1) is 15.3. The van der Waals surface area contributed by atoms with Crippen LogP contribution < -0.4 is 0 Å². The lowest BCUT2D eigenvalue weighted by atomic mass is 9.99. The summed E-state index contributed by atoms with van der Waals surface area (Å²) in [5.74, 6) is 2.64. The molecule has 0 bridgehead atoms. The van der Waals surface area contributed by atoms with E-state index in [2.05, 4.69) is 22.0 Å². The zero-order valence-electron chi connectivity index (χ0n) is 13.5. The van der Waals surface area contributed by atoms with Crippen LogP contribution in [0.1, 0.15) is 42.8 Å². The molecule has 1 saturated heterocycles. The van der Waals surface area contributed by atoms with E-state index in [1.807, 2.05) is 13.0 Å². The number of nitrogens with zero attached hydrogens (tertiary/aromatic N) is 3. The average molecular weight is 303 g/mol.